The van der Waals surface area contributed by atoms with Gasteiger partial charge < -0.3 is 14.5 Å². The zero-order valence-corrected chi connectivity index (χ0v) is 12.4. The van der Waals surface area contributed by atoms with Gasteiger partial charge in [-0.2, -0.15) is 0 Å². The van der Waals surface area contributed by atoms with Gasteiger partial charge >= 0.3 is 0 Å². The first-order chi connectivity index (χ1) is 9.86. The maximum absolute atomic E-state index is 6.18. The standard InChI is InChI=1S/C16H19NO2S/c1-2-17-13(9-12-7-8-18-10-12)15-11-20-16-6-4-3-5-14(16)19-15/h3-8,10,13,15,17H,2,9,11H2,1H3. The molecule has 106 valence electrons. The van der Waals surface area contributed by atoms with Crippen LogP contribution in [0.4, 0.5) is 0 Å². The van der Waals surface area contributed by atoms with E-state index in [9.17, 15) is 0 Å². The number of furan rings is 1. The molecule has 4 heteroatoms. The number of likely N-dealkylation sites (N-methyl/N-ethyl adjacent to an activating group) is 1. The van der Waals surface area contributed by atoms with E-state index in [2.05, 4.69) is 30.4 Å². The van der Waals surface area contributed by atoms with E-state index in [-0.39, 0.29) is 6.10 Å². The number of benzene rings is 1. The Hall–Kier alpha value is -1.39. The fourth-order valence-corrected chi connectivity index (χ4v) is 3.57. The van der Waals surface area contributed by atoms with Crippen LogP contribution in [0.2, 0.25) is 0 Å². The Morgan fingerprint density at radius 3 is 3.05 bits per heavy atom. The zero-order valence-electron chi connectivity index (χ0n) is 11.5. The second-order valence-corrected chi connectivity index (χ2v) is 5.98. The van der Waals surface area contributed by atoms with Gasteiger partial charge in [0.05, 0.1) is 12.5 Å². The normalized spacial score (nSPS) is 19.1. The van der Waals surface area contributed by atoms with Crippen LogP contribution in [0.15, 0.2) is 52.2 Å². The molecule has 1 aliphatic rings. The van der Waals surface area contributed by atoms with E-state index in [1.54, 1.807) is 6.26 Å². The summed E-state index contributed by atoms with van der Waals surface area (Å²) in [7, 11) is 0. The van der Waals surface area contributed by atoms with Gasteiger partial charge in [0, 0.05) is 16.7 Å². The van der Waals surface area contributed by atoms with Gasteiger partial charge in [-0.1, -0.05) is 19.1 Å². The number of fused-ring (bicyclic) bond motifs is 1. The summed E-state index contributed by atoms with van der Waals surface area (Å²) >= 11 is 1.88. The van der Waals surface area contributed by atoms with E-state index >= 15 is 0 Å². The maximum atomic E-state index is 6.18. The number of rotatable bonds is 5. The van der Waals surface area contributed by atoms with Gasteiger partial charge in [0.2, 0.25) is 0 Å². The molecular weight excluding hydrogens is 270 g/mol. The third-order valence-electron chi connectivity index (χ3n) is 3.48. The minimum atomic E-state index is 0.185. The first-order valence-corrected chi connectivity index (χ1v) is 7.98. The lowest BCUT2D eigenvalue weighted by molar-refractivity contribution is 0.166. The summed E-state index contributed by atoms with van der Waals surface area (Å²) in [6.45, 7) is 3.07. The van der Waals surface area contributed by atoms with Crippen LogP contribution in [0.5, 0.6) is 5.75 Å². The monoisotopic (exact) mass is 289 g/mol. The molecule has 3 nitrogen and oxygen atoms in total. The van der Waals surface area contributed by atoms with E-state index in [1.807, 2.05) is 30.2 Å². The number of thioether (sulfide) groups is 1. The average molecular weight is 289 g/mol. The van der Waals surface area contributed by atoms with Crippen LogP contribution >= 0.6 is 11.8 Å². The minimum absolute atomic E-state index is 0.185. The Labute approximate surface area is 123 Å². The van der Waals surface area contributed by atoms with Crippen molar-refractivity contribution in [1.29, 1.82) is 0 Å². The molecule has 2 heterocycles. The Morgan fingerprint density at radius 2 is 2.25 bits per heavy atom. The van der Waals surface area contributed by atoms with Crippen LogP contribution in [-0.4, -0.2) is 24.4 Å². The first kappa shape index (κ1) is 13.6. The van der Waals surface area contributed by atoms with Crippen LogP contribution in [0, 0.1) is 0 Å². The molecule has 1 aromatic heterocycles. The van der Waals surface area contributed by atoms with Crippen molar-refractivity contribution in [2.24, 2.45) is 0 Å². The summed E-state index contributed by atoms with van der Waals surface area (Å²) in [5.41, 5.74) is 1.21. The van der Waals surface area contributed by atoms with E-state index in [4.69, 9.17) is 9.15 Å². The quantitative estimate of drug-likeness (QED) is 0.915. The number of ether oxygens (including phenoxy) is 1. The van der Waals surface area contributed by atoms with Crippen molar-refractivity contribution in [2.45, 2.75) is 30.4 Å². The average Bonchev–Trinajstić information content (AvgIpc) is 2.99. The van der Waals surface area contributed by atoms with Crippen LogP contribution in [-0.2, 0) is 6.42 Å². The fourth-order valence-electron chi connectivity index (χ4n) is 2.49. The topological polar surface area (TPSA) is 34.4 Å². The second-order valence-electron chi connectivity index (χ2n) is 4.91. The zero-order chi connectivity index (χ0) is 13.8. The third kappa shape index (κ3) is 3.02. The summed E-state index contributed by atoms with van der Waals surface area (Å²) in [6.07, 6.45) is 4.65. The summed E-state index contributed by atoms with van der Waals surface area (Å²) in [5, 5.41) is 3.54. The number of hydrogen-bond acceptors (Lipinski definition) is 4. The van der Waals surface area contributed by atoms with Gasteiger partial charge in [-0.25, -0.2) is 0 Å². The highest BCUT2D eigenvalue weighted by molar-refractivity contribution is 7.99. The Balaban J connectivity index is 1.72. The van der Waals surface area contributed by atoms with E-state index in [0.717, 1.165) is 24.5 Å². The van der Waals surface area contributed by atoms with E-state index in [1.165, 1.54) is 10.5 Å². The molecule has 1 aromatic carbocycles. The Kier molecular flexibility index (Phi) is 4.33. The fraction of sp³-hybridized carbons (Fsp3) is 0.375. The SMILES string of the molecule is CCNC(Cc1ccoc1)C1CSc2ccccc2O1. The van der Waals surface area contributed by atoms with Crippen molar-refractivity contribution in [3.63, 3.8) is 0 Å². The number of nitrogens with one attached hydrogen (secondary N) is 1. The molecule has 0 fully saturated rings. The lowest BCUT2D eigenvalue weighted by Crippen LogP contribution is -2.47. The number of para-hydroxylation sites is 1. The molecule has 2 unspecified atom stereocenters. The molecule has 0 aliphatic carbocycles. The largest absolute Gasteiger partial charge is 0.487 e. The predicted octanol–water partition coefficient (Wildman–Crippen LogP) is 3.35. The van der Waals surface area contributed by atoms with E-state index < -0.39 is 0 Å². The molecule has 0 radical (unpaired) electrons. The van der Waals surface area contributed by atoms with Crippen molar-refractivity contribution >= 4 is 11.8 Å². The van der Waals surface area contributed by atoms with Crippen molar-refractivity contribution in [3.05, 3.63) is 48.4 Å². The van der Waals surface area contributed by atoms with Gasteiger partial charge in [-0.3, -0.25) is 0 Å². The molecule has 3 rings (SSSR count). The molecule has 0 bridgehead atoms. The first-order valence-electron chi connectivity index (χ1n) is 6.99. The molecule has 2 atom stereocenters. The van der Waals surface area contributed by atoms with Gasteiger partial charge in [-0.15, -0.1) is 11.8 Å². The summed E-state index contributed by atoms with van der Waals surface area (Å²) in [5.74, 6) is 1.98. The lowest BCUT2D eigenvalue weighted by Gasteiger charge is -2.32. The molecule has 0 saturated carbocycles. The third-order valence-corrected chi connectivity index (χ3v) is 4.62. The lowest BCUT2D eigenvalue weighted by atomic mass is 10.0. The van der Waals surface area contributed by atoms with Crippen LogP contribution in [0.1, 0.15) is 12.5 Å². The number of hydrogen-bond donors (Lipinski definition) is 1. The van der Waals surface area contributed by atoms with Crippen molar-refractivity contribution in [2.75, 3.05) is 12.3 Å². The summed E-state index contributed by atoms with van der Waals surface area (Å²) in [6, 6.07) is 10.6. The molecular formula is C16H19NO2S. The maximum Gasteiger partial charge on any atom is 0.133 e. The van der Waals surface area contributed by atoms with Crippen molar-refractivity contribution in [1.82, 2.24) is 5.32 Å². The minimum Gasteiger partial charge on any atom is -0.487 e. The van der Waals surface area contributed by atoms with Gasteiger partial charge in [0.1, 0.15) is 11.9 Å². The van der Waals surface area contributed by atoms with Crippen LogP contribution in [0.25, 0.3) is 0 Å². The highest BCUT2D eigenvalue weighted by Crippen LogP contribution is 2.36. The van der Waals surface area contributed by atoms with Gasteiger partial charge in [0.15, 0.2) is 0 Å². The molecule has 0 saturated heterocycles. The van der Waals surface area contributed by atoms with Gasteiger partial charge in [0.25, 0.3) is 0 Å². The molecule has 2 aromatic rings. The Bertz CT molecular complexity index is 541. The highest BCUT2D eigenvalue weighted by atomic mass is 32.2. The highest BCUT2D eigenvalue weighted by Gasteiger charge is 2.27. The van der Waals surface area contributed by atoms with Crippen LogP contribution < -0.4 is 10.1 Å². The molecule has 1 aliphatic heterocycles. The Morgan fingerprint density at radius 1 is 1.35 bits per heavy atom. The molecule has 0 amide bonds. The van der Waals surface area contributed by atoms with E-state index in [0.29, 0.717) is 6.04 Å². The predicted molar refractivity (Wildman–Crippen MR) is 81.5 cm³/mol. The second kappa shape index (κ2) is 6.37. The van der Waals surface area contributed by atoms with Crippen molar-refractivity contribution in [3.8, 4) is 5.75 Å². The van der Waals surface area contributed by atoms with Crippen molar-refractivity contribution < 1.29 is 9.15 Å². The smallest absolute Gasteiger partial charge is 0.133 e. The van der Waals surface area contributed by atoms with Crippen LogP contribution in [0.3, 0.4) is 0 Å². The summed E-state index contributed by atoms with van der Waals surface area (Å²) in [4.78, 5) is 1.24. The summed E-state index contributed by atoms with van der Waals surface area (Å²) < 4.78 is 11.3. The molecule has 1 N–H and O–H groups in total. The molecule has 0 spiro atoms. The van der Waals surface area contributed by atoms with Gasteiger partial charge in [-0.05, 0) is 36.7 Å². The molecule has 20 heavy (non-hydrogen) atoms.